The normalized spacial score (nSPS) is 19.4. The molecule has 3 aromatic carbocycles. The van der Waals surface area contributed by atoms with Gasteiger partial charge < -0.3 is 14.7 Å². The van der Waals surface area contributed by atoms with Gasteiger partial charge in [-0.3, -0.25) is 14.5 Å². The fraction of sp³-hybridized carbons (Fsp3) is 0.267. The molecule has 2 aliphatic rings. The van der Waals surface area contributed by atoms with Gasteiger partial charge in [-0.2, -0.15) is 0 Å². The lowest BCUT2D eigenvalue weighted by Gasteiger charge is -2.30. The van der Waals surface area contributed by atoms with E-state index in [0.29, 0.717) is 28.6 Å². The molecular weight excluding hydrogens is 488 g/mol. The standard InChI is InChI=1S/C30H29ClN2O4/c1-2-37-25-19-21(11-16-24(25)31)28(34)26-27(20-9-5-3-6-10-20)33(30(36)29(26)35)23-14-12-22(13-15-23)32-17-7-4-8-18-32/h3,5-6,9-16,19,27,34H,2,4,7-8,17-18H2,1H3/b28-26-. The number of nitrogens with zero attached hydrogens (tertiary/aromatic N) is 2. The number of halogens is 1. The third kappa shape index (κ3) is 4.81. The van der Waals surface area contributed by atoms with Crippen LogP contribution in [0, 0.1) is 0 Å². The third-order valence-corrected chi connectivity index (χ3v) is 7.23. The highest BCUT2D eigenvalue weighted by molar-refractivity contribution is 6.51. The summed E-state index contributed by atoms with van der Waals surface area (Å²) in [6.45, 7) is 4.25. The highest BCUT2D eigenvalue weighted by Gasteiger charge is 2.47. The summed E-state index contributed by atoms with van der Waals surface area (Å²) in [4.78, 5) is 30.6. The number of aliphatic hydroxyl groups is 1. The summed E-state index contributed by atoms with van der Waals surface area (Å²) in [6.07, 6.45) is 3.58. The van der Waals surface area contributed by atoms with E-state index in [9.17, 15) is 14.7 Å². The minimum atomic E-state index is -0.784. The summed E-state index contributed by atoms with van der Waals surface area (Å²) in [7, 11) is 0. The zero-order valence-corrected chi connectivity index (χ0v) is 21.4. The lowest BCUT2D eigenvalue weighted by atomic mass is 9.95. The molecule has 0 aliphatic carbocycles. The van der Waals surface area contributed by atoms with Crippen molar-refractivity contribution in [3.05, 3.63) is 94.5 Å². The van der Waals surface area contributed by atoms with Crippen molar-refractivity contribution in [3.8, 4) is 5.75 Å². The van der Waals surface area contributed by atoms with Crippen LogP contribution >= 0.6 is 11.6 Å². The van der Waals surface area contributed by atoms with Crippen molar-refractivity contribution in [1.82, 2.24) is 0 Å². The molecule has 0 saturated carbocycles. The zero-order chi connectivity index (χ0) is 25.9. The highest BCUT2D eigenvalue weighted by Crippen LogP contribution is 2.43. The molecule has 1 unspecified atom stereocenters. The first kappa shape index (κ1) is 24.9. The van der Waals surface area contributed by atoms with Gasteiger partial charge in [0.2, 0.25) is 0 Å². The lowest BCUT2D eigenvalue weighted by molar-refractivity contribution is -0.132. The van der Waals surface area contributed by atoms with E-state index in [0.717, 1.165) is 24.3 Å². The summed E-state index contributed by atoms with van der Waals surface area (Å²) < 4.78 is 5.57. The van der Waals surface area contributed by atoms with Crippen molar-refractivity contribution < 1.29 is 19.4 Å². The van der Waals surface area contributed by atoms with Gasteiger partial charge in [0, 0.05) is 30.0 Å². The maximum atomic E-state index is 13.4. The van der Waals surface area contributed by atoms with Crippen LogP contribution in [-0.2, 0) is 9.59 Å². The number of ketones is 1. The first-order chi connectivity index (χ1) is 18.0. The van der Waals surface area contributed by atoms with Gasteiger partial charge in [-0.1, -0.05) is 41.9 Å². The Bertz CT molecular complexity index is 1330. The van der Waals surface area contributed by atoms with Crippen LogP contribution in [0.5, 0.6) is 5.75 Å². The molecule has 0 bridgehead atoms. The van der Waals surface area contributed by atoms with E-state index in [1.54, 1.807) is 18.2 Å². The first-order valence-corrected chi connectivity index (χ1v) is 13.0. The molecule has 0 spiro atoms. The average molecular weight is 517 g/mol. The van der Waals surface area contributed by atoms with Crippen molar-refractivity contribution in [2.75, 3.05) is 29.5 Å². The van der Waals surface area contributed by atoms with Crippen LogP contribution in [0.25, 0.3) is 5.76 Å². The monoisotopic (exact) mass is 516 g/mol. The smallest absolute Gasteiger partial charge is 0.300 e. The fourth-order valence-corrected chi connectivity index (χ4v) is 5.27. The number of amides is 1. The molecule has 3 aromatic rings. The molecule has 37 heavy (non-hydrogen) atoms. The molecule has 2 aliphatic heterocycles. The van der Waals surface area contributed by atoms with Gasteiger partial charge >= 0.3 is 0 Å². The molecule has 2 heterocycles. The van der Waals surface area contributed by atoms with Gasteiger partial charge in [0.15, 0.2) is 0 Å². The number of anilines is 2. The second kappa shape index (κ2) is 10.7. The van der Waals surface area contributed by atoms with Gasteiger partial charge in [-0.05, 0) is 74.2 Å². The van der Waals surface area contributed by atoms with Crippen molar-refractivity contribution in [3.63, 3.8) is 0 Å². The number of hydrogen-bond donors (Lipinski definition) is 1. The molecule has 1 atom stereocenters. The number of aliphatic hydroxyl groups excluding tert-OH is 1. The van der Waals surface area contributed by atoms with Crippen LogP contribution in [-0.4, -0.2) is 36.5 Å². The number of rotatable bonds is 6. The fourth-order valence-electron chi connectivity index (χ4n) is 5.10. The Morgan fingerprint density at radius 3 is 2.30 bits per heavy atom. The highest BCUT2D eigenvalue weighted by atomic mass is 35.5. The van der Waals surface area contributed by atoms with Gasteiger partial charge in [0.25, 0.3) is 11.7 Å². The third-order valence-electron chi connectivity index (χ3n) is 6.91. The molecule has 1 N–H and O–H groups in total. The van der Waals surface area contributed by atoms with E-state index in [4.69, 9.17) is 16.3 Å². The summed E-state index contributed by atoms with van der Waals surface area (Å²) in [5, 5.41) is 11.8. The van der Waals surface area contributed by atoms with Crippen LogP contribution in [0.1, 0.15) is 43.4 Å². The number of Topliss-reactive ketones (excluding diaryl/α,β-unsaturated/α-hetero) is 1. The number of hydrogen-bond acceptors (Lipinski definition) is 5. The Labute approximate surface area is 221 Å². The summed E-state index contributed by atoms with van der Waals surface area (Å²) >= 11 is 6.23. The van der Waals surface area contributed by atoms with E-state index in [1.807, 2.05) is 61.5 Å². The van der Waals surface area contributed by atoms with Crippen LogP contribution in [0.15, 0.2) is 78.4 Å². The minimum absolute atomic E-state index is 0.0288. The predicted octanol–water partition coefficient (Wildman–Crippen LogP) is 6.36. The minimum Gasteiger partial charge on any atom is -0.507 e. The Kier molecular flexibility index (Phi) is 7.19. The maximum absolute atomic E-state index is 13.4. The van der Waals surface area contributed by atoms with E-state index in [2.05, 4.69) is 4.90 Å². The quantitative estimate of drug-likeness (QED) is 0.235. The second-order valence-electron chi connectivity index (χ2n) is 9.22. The summed E-state index contributed by atoms with van der Waals surface area (Å²) in [5.41, 5.74) is 2.80. The molecule has 1 amide bonds. The molecule has 5 rings (SSSR count). The molecule has 0 aromatic heterocycles. The van der Waals surface area contributed by atoms with Crippen LogP contribution in [0.3, 0.4) is 0 Å². The molecule has 2 fully saturated rings. The summed E-state index contributed by atoms with van der Waals surface area (Å²) in [6, 6.07) is 21.0. The number of benzene rings is 3. The molecular formula is C30H29ClN2O4. The topological polar surface area (TPSA) is 70.1 Å². The van der Waals surface area contributed by atoms with Gasteiger partial charge in [0.05, 0.1) is 23.2 Å². The number of carbonyl (C=O) groups is 2. The first-order valence-electron chi connectivity index (χ1n) is 12.6. The maximum Gasteiger partial charge on any atom is 0.300 e. The van der Waals surface area contributed by atoms with Crippen LogP contribution < -0.4 is 14.5 Å². The summed E-state index contributed by atoms with van der Waals surface area (Å²) in [5.74, 6) is -1.29. The van der Waals surface area contributed by atoms with Crippen molar-refractivity contribution in [1.29, 1.82) is 0 Å². The van der Waals surface area contributed by atoms with Crippen LogP contribution in [0.4, 0.5) is 11.4 Å². The largest absolute Gasteiger partial charge is 0.507 e. The van der Waals surface area contributed by atoms with E-state index < -0.39 is 17.7 Å². The SMILES string of the molecule is CCOc1cc(/C(O)=C2/C(=O)C(=O)N(c3ccc(N4CCCCC4)cc3)C2c2ccccc2)ccc1Cl. The molecule has 190 valence electrons. The van der Waals surface area contributed by atoms with Crippen molar-refractivity contribution in [2.24, 2.45) is 0 Å². The molecule has 0 radical (unpaired) electrons. The average Bonchev–Trinajstić information content (AvgIpc) is 3.21. The Morgan fingerprint density at radius 1 is 0.946 bits per heavy atom. The van der Waals surface area contributed by atoms with E-state index in [-0.39, 0.29) is 11.3 Å². The predicted molar refractivity (Wildman–Crippen MR) is 146 cm³/mol. The Balaban J connectivity index is 1.59. The van der Waals surface area contributed by atoms with Crippen molar-refractivity contribution in [2.45, 2.75) is 32.2 Å². The molecule has 6 nitrogen and oxygen atoms in total. The van der Waals surface area contributed by atoms with Gasteiger partial charge in [0.1, 0.15) is 11.5 Å². The zero-order valence-electron chi connectivity index (χ0n) is 20.7. The van der Waals surface area contributed by atoms with E-state index in [1.165, 1.54) is 24.2 Å². The van der Waals surface area contributed by atoms with Crippen molar-refractivity contribution >= 4 is 40.4 Å². The van der Waals surface area contributed by atoms with E-state index >= 15 is 0 Å². The Morgan fingerprint density at radius 2 is 1.62 bits per heavy atom. The van der Waals surface area contributed by atoms with Gasteiger partial charge in [-0.25, -0.2) is 0 Å². The number of piperidine rings is 1. The Hall–Kier alpha value is -3.77. The lowest BCUT2D eigenvalue weighted by Crippen LogP contribution is -2.30. The number of ether oxygens (including phenoxy) is 1. The molecule has 7 heteroatoms. The second-order valence-corrected chi connectivity index (χ2v) is 9.63. The van der Waals surface area contributed by atoms with Gasteiger partial charge in [-0.15, -0.1) is 0 Å². The van der Waals surface area contributed by atoms with Crippen LogP contribution in [0.2, 0.25) is 5.02 Å². The number of carbonyl (C=O) groups excluding carboxylic acids is 2. The molecule has 2 saturated heterocycles.